The molecule has 1 atom stereocenters. The monoisotopic (exact) mass is 278 g/mol. The summed E-state index contributed by atoms with van der Waals surface area (Å²) in [6.07, 6.45) is 3.53. The highest BCUT2D eigenvalue weighted by atomic mass is 32.2. The Balaban J connectivity index is 4.44. The Bertz CT molecular complexity index is 291. The van der Waals surface area contributed by atoms with Crippen LogP contribution in [0.2, 0.25) is 0 Å². The number of hydrogen-bond donors (Lipinski definition) is 1. The van der Waals surface area contributed by atoms with Gasteiger partial charge in [0.2, 0.25) is 10.0 Å². The standard InChI is InChI=1S/C13H30N2O2S/c1-5-8-11-15(13(4)6-2)18(16,17)12-9-10-14-7-3/h13-14H,5-12H2,1-4H3. The number of rotatable bonds is 11. The van der Waals surface area contributed by atoms with Gasteiger partial charge in [0.25, 0.3) is 0 Å². The second-order valence-corrected chi connectivity index (χ2v) is 6.79. The van der Waals surface area contributed by atoms with Crippen LogP contribution in [0.1, 0.15) is 53.4 Å². The van der Waals surface area contributed by atoms with Crippen molar-refractivity contribution >= 4 is 10.0 Å². The summed E-state index contributed by atoms with van der Waals surface area (Å²) in [7, 11) is -3.09. The zero-order chi connectivity index (χ0) is 14.0. The Morgan fingerprint density at radius 2 is 1.83 bits per heavy atom. The third kappa shape index (κ3) is 6.71. The van der Waals surface area contributed by atoms with Gasteiger partial charge >= 0.3 is 0 Å². The molecular weight excluding hydrogens is 248 g/mol. The molecule has 110 valence electrons. The first-order valence-electron chi connectivity index (χ1n) is 7.19. The molecule has 4 nitrogen and oxygen atoms in total. The number of nitrogens with one attached hydrogen (secondary N) is 1. The van der Waals surface area contributed by atoms with Crippen molar-refractivity contribution in [3.63, 3.8) is 0 Å². The molecule has 0 fully saturated rings. The maximum Gasteiger partial charge on any atom is 0.214 e. The summed E-state index contributed by atoms with van der Waals surface area (Å²) >= 11 is 0. The van der Waals surface area contributed by atoms with E-state index in [9.17, 15) is 8.42 Å². The zero-order valence-electron chi connectivity index (χ0n) is 12.4. The van der Waals surface area contributed by atoms with Crippen LogP contribution >= 0.6 is 0 Å². The molecule has 0 amide bonds. The van der Waals surface area contributed by atoms with E-state index in [0.29, 0.717) is 13.0 Å². The maximum absolute atomic E-state index is 12.3. The minimum absolute atomic E-state index is 0.112. The molecule has 0 spiro atoms. The van der Waals surface area contributed by atoms with E-state index in [2.05, 4.69) is 12.2 Å². The summed E-state index contributed by atoms with van der Waals surface area (Å²) in [5.41, 5.74) is 0. The van der Waals surface area contributed by atoms with Gasteiger partial charge in [0.05, 0.1) is 5.75 Å². The highest BCUT2D eigenvalue weighted by molar-refractivity contribution is 7.89. The van der Waals surface area contributed by atoms with Crippen LogP contribution in [0.4, 0.5) is 0 Å². The molecular formula is C13H30N2O2S. The van der Waals surface area contributed by atoms with Crippen molar-refractivity contribution in [1.82, 2.24) is 9.62 Å². The molecule has 0 aromatic rings. The molecule has 1 N–H and O–H groups in total. The Hall–Kier alpha value is -0.130. The number of nitrogens with zero attached hydrogens (tertiary/aromatic N) is 1. The van der Waals surface area contributed by atoms with Gasteiger partial charge in [0, 0.05) is 12.6 Å². The van der Waals surface area contributed by atoms with Crippen molar-refractivity contribution in [3.05, 3.63) is 0 Å². The molecule has 18 heavy (non-hydrogen) atoms. The molecule has 5 heteroatoms. The quantitative estimate of drug-likeness (QED) is 0.590. The summed E-state index contributed by atoms with van der Waals surface area (Å²) in [4.78, 5) is 0. The van der Waals surface area contributed by atoms with Crippen molar-refractivity contribution in [2.24, 2.45) is 0 Å². The number of sulfonamides is 1. The van der Waals surface area contributed by atoms with Crippen LogP contribution in [0, 0.1) is 0 Å². The molecule has 0 radical (unpaired) electrons. The molecule has 0 aliphatic heterocycles. The highest BCUT2D eigenvalue weighted by Crippen LogP contribution is 2.13. The summed E-state index contributed by atoms with van der Waals surface area (Å²) in [6.45, 7) is 10.5. The molecule has 0 aromatic heterocycles. The molecule has 0 saturated carbocycles. The van der Waals surface area contributed by atoms with E-state index < -0.39 is 10.0 Å². The normalized spacial score (nSPS) is 14.1. The summed E-state index contributed by atoms with van der Waals surface area (Å²) in [5.74, 6) is 0.258. The van der Waals surface area contributed by atoms with Gasteiger partial charge in [-0.25, -0.2) is 8.42 Å². The van der Waals surface area contributed by atoms with Gasteiger partial charge < -0.3 is 5.32 Å². The minimum atomic E-state index is -3.09. The van der Waals surface area contributed by atoms with Crippen molar-refractivity contribution in [3.8, 4) is 0 Å². The van der Waals surface area contributed by atoms with Crippen molar-refractivity contribution in [1.29, 1.82) is 0 Å². The second-order valence-electron chi connectivity index (χ2n) is 4.74. The predicted octanol–water partition coefficient (Wildman–Crippen LogP) is 2.22. The summed E-state index contributed by atoms with van der Waals surface area (Å²) < 4.78 is 26.3. The molecule has 0 heterocycles. The van der Waals surface area contributed by atoms with Crippen LogP contribution in [0.25, 0.3) is 0 Å². The number of hydrogen-bond acceptors (Lipinski definition) is 3. The topological polar surface area (TPSA) is 49.4 Å². The molecule has 0 aliphatic rings. The average Bonchev–Trinajstić information content (AvgIpc) is 2.34. The number of unbranched alkanes of at least 4 members (excludes halogenated alkanes) is 1. The summed E-state index contributed by atoms with van der Waals surface area (Å²) in [6, 6.07) is 0.112. The smallest absolute Gasteiger partial charge is 0.214 e. The summed E-state index contributed by atoms with van der Waals surface area (Å²) in [5, 5.41) is 3.16. The molecule has 0 rings (SSSR count). The Labute approximate surface area is 113 Å². The average molecular weight is 278 g/mol. The molecule has 0 aromatic carbocycles. The lowest BCUT2D eigenvalue weighted by molar-refractivity contribution is 0.324. The first-order valence-corrected chi connectivity index (χ1v) is 8.80. The largest absolute Gasteiger partial charge is 0.317 e. The fourth-order valence-electron chi connectivity index (χ4n) is 1.82. The lowest BCUT2D eigenvalue weighted by atomic mass is 10.2. The van der Waals surface area contributed by atoms with Crippen LogP contribution < -0.4 is 5.32 Å². The predicted molar refractivity (Wildman–Crippen MR) is 78.3 cm³/mol. The van der Waals surface area contributed by atoms with Gasteiger partial charge in [-0.1, -0.05) is 27.2 Å². The fourth-order valence-corrected chi connectivity index (χ4v) is 3.67. The van der Waals surface area contributed by atoms with E-state index in [-0.39, 0.29) is 11.8 Å². The third-order valence-electron chi connectivity index (χ3n) is 3.18. The Morgan fingerprint density at radius 3 is 2.33 bits per heavy atom. The van der Waals surface area contributed by atoms with Crippen molar-refractivity contribution in [2.45, 2.75) is 59.4 Å². The second kappa shape index (κ2) is 9.75. The van der Waals surface area contributed by atoms with Crippen molar-refractivity contribution in [2.75, 3.05) is 25.4 Å². The van der Waals surface area contributed by atoms with Crippen LogP contribution in [0.15, 0.2) is 0 Å². The van der Waals surface area contributed by atoms with E-state index in [1.807, 2.05) is 20.8 Å². The van der Waals surface area contributed by atoms with Gasteiger partial charge in [0.15, 0.2) is 0 Å². The lowest BCUT2D eigenvalue weighted by Crippen LogP contribution is -2.40. The van der Waals surface area contributed by atoms with Crippen molar-refractivity contribution < 1.29 is 8.42 Å². The first-order chi connectivity index (χ1) is 8.49. The molecule has 0 aliphatic carbocycles. The Morgan fingerprint density at radius 1 is 1.17 bits per heavy atom. The SMILES string of the molecule is CCCCN(C(C)CC)S(=O)(=O)CCCNCC. The molecule has 0 bridgehead atoms. The molecule has 1 unspecified atom stereocenters. The van der Waals surface area contributed by atoms with E-state index >= 15 is 0 Å². The van der Waals surface area contributed by atoms with Gasteiger partial charge in [-0.3, -0.25) is 0 Å². The van der Waals surface area contributed by atoms with E-state index in [1.165, 1.54) is 0 Å². The molecule has 0 saturated heterocycles. The Kier molecular flexibility index (Phi) is 9.68. The van der Waals surface area contributed by atoms with Gasteiger partial charge in [-0.2, -0.15) is 4.31 Å². The minimum Gasteiger partial charge on any atom is -0.317 e. The van der Waals surface area contributed by atoms with E-state index in [4.69, 9.17) is 0 Å². The first kappa shape index (κ1) is 17.9. The van der Waals surface area contributed by atoms with Gasteiger partial charge in [0.1, 0.15) is 0 Å². The maximum atomic E-state index is 12.3. The van der Waals surface area contributed by atoms with Crippen LogP contribution in [-0.4, -0.2) is 44.2 Å². The van der Waals surface area contributed by atoms with E-state index in [0.717, 1.165) is 32.4 Å². The highest BCUT2D eigenvalue weighted by Gasteiger charge is 2.25. The third-order valence-corrected chi connectivity index (χ3v) is 5.24. The lowest BCUT2D eigenvalue weighted by Gasteiger charge is -2.27. The van der Waals surface area contributed by atoms with Crippen LogP contribution in [0.3, 0.4) is 0 Å². The van der Waals surface area contributed by atoms with Crippen LogP contribution in [0.5, 0.6) is 0 Å². The van der Waals surface area contributed by atoms with E-state index in [1.54, 1.807) is 4.31 Å². The van der Waals surface area contributed by atoms with Crippen LogP contribution in [-0.2, 0) is 10.0 Å². The van der Waals surface area contributed by atoms with Gasteiger partial charge in [-0.05, 0) is 39.3 Å². The fraction of sp³-hybridized carbons (Fsp3) is 1.00. The zero-order valence-corrected chi connectivity index (χ0v) is 13.2. The van der Waals surface area contributed by atoms with Gasteiger partial charge in [-0.15, -0.1) is 0 Å².